The van der Waals surface area contributed by atoms with E-state index in [0.717, 1.165) is 106 Å². The molecule has 0 saturated carbocycles. The molecule has 0 N–H and O–H groups in total. The van der Waals surface area contributed by atoms with E-state index in [2.05, 4.69) is 212 Å². The molecule has 62 heavy (non-hydrogen) atoms. The zero-order chi connectivity index (χ0) is 41.1. The Morgan fingerprint density at radius 2 is 0.581 bits per heavy atom. The van der Waals surface area contributed by atoms with E-state index in [1.54, 1.807) is 0 Å². The van der Waals surface area contributed by atoms with E-state index >= 15 is 0 Å². The van der Waals surface area contributed by atoms with Crippen molar-refractivity contribution in [2.24, 2.45) is 0 Å². The maximum Gasteiger partial charge on any atom is 0.103 e. The van der Waals surface area contributed by atoms with Crippen LogP contribution in [-0.2, 0) is 0 Å². The lowest BCUT2D eigenvalue weighted by Gasteiger charge is -2.27. The molecule has 0 radical (unpaired) electrons. The lowest BCUT2D eigenvalue weighted by Crippen LogP contribution is -2.32. The van der Waals surface area contributed by atoms with Crippen LogP contribution in [0.25, 0.3) is 111 Å². The fraction of sp³-hybridized carbons (Fsp3) is 0.0357. The van der Waals surface area contributed by atoms with Gasteiger partial charge in [-0.3, -0.25) is 0 Å². The summed E-state index contributed by atoms with van der Waals surface area (Å²) in [6.45, 7) is 0. The summed E-state index contributed by atoms with van der Waals surface area (Å²) >= 11 is 0. The van der Waals surface area contributed by atoms with Crippen molar-refractivity contribution in [3.8, 4) is 34.9 Å². The van der Waals surface area contributed by atoms with Crippen molar-refractivity contribution < 1.29 is 0 Å². The molecule has 0 saturated heterocycles. The first kappa shape index (κ1) is 34.3. The second-order valence-electron chi connectivity index (χ2n) is 16.1. The van der Waals surface area contributed by atoms with Gasteiger partial charge in [-0.05, 0) is 55.3 Å². The first-order valence-corrected chi connectivity index (χ1v) is 21.1. The Bertz CT molecular complexity index is 3980. The second kappa shape index (κ2) is 13.0. The number of para-hydroxylation sites is 7. The van der Waals surface area contributed by atoms with Crippen molar-refractivity contribution in [2.75, 3.05) is 0 Å². The summed E-state index contributed by atoms with van der Waals surface area (Å²) in [7, 11) is 0. The third-order valence-corrected chi connectivity index (χ3v) is 13.1. The van der Waals surface area contributed by atoms with Crippen molar-refractivity contribution in [3.05, 3.63) is 192 Å². The number of aromatic nitrogens is 4. The third kappa shape index (κ3) is 4.45. The molecule has 1 aliphatic carbocycles. The van der Waals surface area contributed by atoms with Crippen molar-refractivity contribution >= 4 is 88.5 Å². The van der Waals surface area contributed by atoms with E-state index < -0.39 is 0 Å². The van der Waals surface area contributed by atoms with Crippen LogP contribution in [0.15, 0.2) is 170 Å². The van der Waals surface area contributed by atoms with Gasteiger partial charge in [0.25, 0.3) is 0 Å². The number of benzene rings is 8. The summed E-state index contributed by atoms with van der Waals surface area (Å²) in [5, 5.41) is 33.7. The highest BCUT2D eigenvalue weighted by Gasteiger charge is 2.34. The van der Waals surface area contributed by atoms with Gasteiger partial charge in [0.15, 0.2) is 0 Å². The van der Waals surface area contributed by atoms with Gasteiger partial charge >= 0.3 is 0 Å². The van der Waals surface area contributed by atoms with E-state index in [9.17, 15) is 10.5 Å². The smallest absolute Gasteiger partial charge is 0.103 e. The molecule has 13 rings (SSSR count). The summed E-state index contributed by atoms with van der Waals surface area (Å²) in [6, 6.07) is 64.8. The molecular formula is C56H34N6. The minimum absolute atomic E-state index is 0.303. The fourth-order valence-electron chi connectivity index (χ4n) is 10.7. The fourth-order valence-corrected chi connectivity index (χ4v) is 10.7. The molecule has 0 aliphatic heterocycles. The zero-order valence-electron chi connectivity index (χ0n) is 33.4. The molecule has 6 nitrogen and oxygen atoms in total. The van der Waals surface area contributed by atoms with E-state index in [0.29, 0.717) is 22.5 Å². The van der Waals surface area contributed by atoms with Crippen LogP contribution in [0.2, 0.25) is 0 Å². The van der Waals surface area contributed by atoms with Crippen molar-refractivity contribution in [1.82, 2.24) is 18.3 Å². The molecule has 0 atom stereocenters. The Morgan fingerprint density at radius 3 is 0.935 bits per heavy atom. The lowest BCUT2D eigenvalue weighted by atomic mass is 9.98. The largest absolute Gasteiger partial charge is 0.306 e. The Morgan fingerprint density at radius 1 is 0.306 bits per heavy atom. The molecule has 0 amide bonds. The number of nitrogens with zero attached hydrogens (tertiary/aromatic N) is 6. The van der Waals surface area contributed by atoms with E-state index in [-0.39, 0.29) is 0 Å². The van der Waals surface area contributed by atoms with Crippen LogP contribution in [0.3, 0.4) is 0 Å². The molecule has 0 bridgehead atoms. The molecule has 8 aromatic carbocycles. The summed E-state index contributed by atoms with van der Waals surface area (Å²) in [4.78, 5) is 0. The lowest BCUT2D eigenvalue weighted by molar-refractivity contribution is 0.965. The summed E-state index contributed by atoms with van der Waals surface area (Å²) in [6.07, 6.45) is 6.52. The molecular weight excluding hydrogens is 757 g/mol. The Kier molecular flexibility index (Phi) is 7.17. The van der Waals surface area contributed by atoms with Crippen LogP contribution in [-0.4, -0.2) is 18.3 Å². The van der Waals surface area contributed by atoms with Gasteiger partial charge in [0.2, 0.25) is 0 Å². The normalized spacial score (nSPS) is 12.6. The summed E-state index contributed by atoms with van der Waals surface area (Å²) in [5.74, 6) is 0. The first-order valence-electron chi connectivity index (χ1n) is 21.1. The zero-order valence-corrected chi connectivity index (χ0v) is 33.4. The highest BCUT2D eigenvalue weighted by molar-refractivity contribution is 6.14. The predicted octanol–water partition coefficient (Wildman–Crippen LogP) is 12.0. The minimum Gasteiger partial charge on any atom is -0.306 e. The Labute approximate surface area is 355 Å². The molecule has 4 heterocycles. The van der Waals surface area contributed by atoms with Gasteiger partial charge in [0, 0.05) is 48.3 Å². The third-order valence-electron chi connectivity index (χ3n) is 13.1. The second-order valence-corrected chi connectivity index (χ2v) is 16.1. The van der Waals surface area contributed by atoms with Crippen LogP contribution in [0.1, 0.15) is 24.0 Å². The Hall–Kier alpha value is -8.58. The van der Waals surface area contributed by atoms with Gasteiger partial charge < -0.3 is 18.3 Å². The highest BCUT2D eigenvalue weighted by atomic mass is 15.1. The summed E-state index contributed by atoms with van der Waals surface area (Å²) in [5.41, 5.74) is 10.4. The maximum absolute atomic E-state index is 11.9. The molecule has 0 unspecified atom stereocenters. The minimum atomic E-state index is 0.303. The monoisotopic (exact) mass is 790 g/mol. The first-order chi connectivity index (χ1) is 30.8. The molecule has 4 aromatic heterocycles. The van der Waals surface area contributed by atoms with Gasteiger partial charge in [-0.2, -0.15) is 10.5 Å². The van der Waals surface area contributed by atoms with Crippen LogP contribution in [0, 0.1) is 22.7 Å². The van der Waals surface area contributed by atoms with E-state index in [4.69, 9.17) is 0 Å². The molecule has 1 aliphatic rings. The standard InChI is InChI=1S/C56H34N6/c57-33-43-44(34-58)54(60-47-27-11-3-19-37(47)38-20-4-12-28-48(38)60)56(62-51-31-15-7-23-41(51)42-24-8-16-32-52(42)62)55(61-49-29-13-5-21-39(49)40-22-6-14-30-50(40)61)53(43)59-45-25-9-1-17-35(45)36-18-2-10-26-46(36)59/h1-7,9-15,17-32H,8,16H2. The van der Waals surface area contributed by atoms with Crippen LogP contribution in [0.4, 0.5) is 0 Å². The Balaban J connectivity index is 1.41. The number of hydrogen-bond acceptors (Lipinski definition) is 2. The van der Waals surface area contributed by atoms with Gasteiger partial charge in [0.1, 0.15) is 12.1 Å². The van der Waals surface area contributed by atoms with Gasteiger partial charge in [0.05, 0.1) is 72.5 Å². The van der Waals surface area contributed by atoms with Crippen LogP contribution < -0.4 is 10.6 Å². The quantitative estimate of drug-likeness (QED) is 0.178. The van der Waals surface area contributed by atoms with E-state index in [1.165, 1.54) is 5.22 Å². The van der Waals surface area contributed by atoms with E-state index in [1.807, 2.05) is 0 Å². The number of nitriles is 2. The maximum atomic E-state index is 11.9. The number of fused-ring (bicyclic) bond motifs is 12. The predicted molar refractivity (Wildman–Crippen MR) is 253 cm³/mol. The van der Waals surface area contributed by atoms with Crippen molar-refractivity contribution in [2.45, 2.75) is 12.8 Å². The van der Waals surface area contributed by atoms with Gasteiger partial charge in [-0.1, -0.05) is 140 Å². The molecule has 12 aromatic rings. The van der Waals surface area contributed by atoms with Gasteiger partial charge in [-0.15, -0.1) is 0 Å². The highest BCUT2D eigenvalue weighted by Crippen LogP contribution is 2.47. The molecule has 6 heteroatoms. The topological polar surface area (TPSA) is 67.3 Å². The molecule has 288 valence electrons. The van der Waals surface area contributed by atoms with Crippen LogP contribution in [0.5, 0.6) is 0 Å². The number of hydrogen-bond donors (Lipinski definition) is 0. The molecule has 0 fully saturated rings. The average molecular weight is 791 g/mol. The van der Waals surface area contributed by atoms with Crippen molar-refractivity contribution in [3.63, 3.8) is 0 Å². The van der Waals surface area contributed by atoms with Gasteiger partial charge in [-0.25, -0.2) is 0 Å². The summed E-state index contributed by atoms with van der Waals surface area (Å²) < 4.78 is 9.26. The number of rotatable bonds is 4. The average Bonchev–Trinajstić information content (AvgIpc) is 4.06. The SMILES string of the molecule is N#Cc1c(C#N)c(-n2c3ccccc3c3ccccc32)c(-n2c3ccccc3c3ccccc32)c(-n2c3c(c4ccccc42)=CCCC=3)c1-n1c2ccccc2c2ccccc21. The van der Waals surface area contributed by atoms with Crippen LogP contribution >= 0.6 is 0 Å². The molecule has 0 spiro atoms. The van der Waals surface area contributed by atoms with Crippen molar-refractivity contribution in [1.29, 1.82) is 10.5 Å².